The summed E-state index contributed by atoms with van der Waals surface area (Å²) in [6.45, 7) is 7.90. The molecule has 1 aliphatic rings. The minimum atomic E-state index is -3.48. The van der Waals surface area contributed by atoms with Gasteiger partial charge in [-0.1, -0.05) is 6.92 Å². The summed E-state index contributed by atoms with van der Waals surface area (Å²) in [6.07, 6.45) is 4.40. The molecule has 2 heterocycles. The van der Waals surface area contributed by atoms with E-state index in [1.165, 1.54) is 0 Å². The van der Waals surface area contributed by atoms with Gasteiger partial charge in [-0.25, -0.2) is 13.4 Å². The van der Waals surface area contributed by atoms with Crippen LogP contribution in [-0.2, 0) is 32.5 Å². The van der Waals surface area contributed by atoms with E-state index in [0.717, 1.165) is 43.6 Å². The van der Waals surface area contributed by atoms with Crippen LogP contribution in [0.15, 0.2) is 23.1 Å². The van der Waals surface area contributed by atoms with Crippen LogP contribution in [0.4, 0.5) is 0 Å². The van der Waals surface area contributed by atoms with Gasteiger partial charge in [0, 0.05) is 52.2 Å². The number of imidazole rings is 1. The van der Waals surface area contributed by atoms with Gasteiger partial charge in [-0.15, -0.1) is 0 Å². The van der Waals surface area contributed by atoms with Crippen molar-refractivity contribution in [3.8, 4) is 0 Å². The lowest BCUT2D eigenvalue weighted by Crippen LogP contribution is -2.27. The predicted octanol–water partition coefficient (Wildman–Crippen LogP) is 2.71. The van der Waals surface area contributed by atoms with E-state index in [1.807, 2.05) is 13.0 Å². The molecule has 0 unspecified atom stereocenters. The summed E-state index contributed by atoms with van der Waals surface area (Å²) in [4.78, 5) is 17.2. The first-order chi connectivity index (χ1) is 15.0. The highest BCUT2D eigenvalue weighted by atomic mass is 32.2. The lowest BCUT2D eigenvalue weighted by atomic mass is 10.2. The molecule has 1 saturated heterocycles. The zero-order valence-corrected chi connectivity index (χ0v) is 19.4. The second-order valence-corrected chi connectivity index (χ2v) is 9.78. The molecule has 3 rings (SSSR count). The van der Waals surface area contributed by atoms with Crippen molar-refractivity contribution >= 4 is 27.0 Å². The Balaban J connectivity index is 1.72. The maximum absolute atomic E-state index is 12.9. The molecule has 31 heavy (non-hydrogen) atoms. The van der Waals surface area contributed by atoms with E-state index in [0.29, 0.717) is 56.1 Å². The molecule has 0 atom stereocenters. The Bertz CT molecular complexity index is 981. The predicted molar refractivity (Wildman–Crippen MR) is 120 cm³/mol. The van der Waals surface area contributed by atoms with Gasteiger partial charge in [-0.2, -0.15) is 4.31 Å². The van der Waals surface area contributed by atoms with Crippen LogP contribution in [0.25, 0.3) is 11.0 Å². The first-order valence-electron chi connectivity index (χ1n) is 11.3. The Morgan fingerprint density at radius 2 is 2.00 bits per heavy atom. The molecule has 0 radical (unpaired) electrons. The Morgan fingerprint density at radius 3 is 2.71 bits per heavy atom. The molecule has 0 saturated carbocycles. The van der Waals surface area contributed by atoms with E-state index in [4.69, 9.17) is 9.72 Å². The Hall–Kier alpha value is -1.97. The van der Waals surface area contributed by atoms with Crippen LogP contribution in [0.5, 0.6) is 0 Å². The number of benzene rings is 1. The van der Waals surface area contributed by atoms with E-state index >= 15 is 0 Å². The third-order valence-corrected chi connectivity index (χ3v) is 7.41. The van der Waals surface area contributed by atoms with Gasteiger partial charge in [0.25, 0.3) is 0 Å². The minimum Gasteiger partial charge on any atom is -0.382 e. The lowest BCUT2D eigenvalue weighted by molar-refractivity contribution is -0.121. The topological polar surface area (TPSA) is 93.5 Å². The monoisotopic (exact) mass is 450 g/mol. The zero-order chi connectivity index (χ0) is 22.3. The summed E-state index contributed by atoms with van der Waals surface area (Å²) < 4.78 is 34.7. The van der Waals surface area contributed by atoms with Gasteiger partial charge in [0.05, 0.1) is 15.9 Å². The Labute approximate surface area is 185 Å². The van der Waals surface area contributed by atoms with Crippen molar-refractivity contribution in [3.05, 3.63) is 24.0 Å². The fourth-order valence-corrected chi connectivity index (χ4v) is 5.46. The van der Waals surface area contributed by atoms with Crippen LogP contribution in [0.1, 0.15) is 51.8 Å². The SMILES string of the molecule is CCCn1c(CCC(=O)NCCCOCC)nc2cc(S(=O)(=O)N3CCCC3)ccc21. The van der Waals surface area contributed by atoms with Crippen molar-refractivity contribution in [2.45, 2.75) is 63.8 Å². The Morgan fingerprint density at radius 1 is 1.23 bits per heavy atom. The van der Waals surface area contributed by atoms with E-state index in [2.05, 4.69) is 16.8 Å². The van der Waals surface area contributed by atoms with Gasteiger partial charge >= 0.3 is 0 Å². The lowest BCUT2D eigenvalue weighted by Gasteiger charge is -2.15. The number of aromatic nitrogens is 2. The maximum atomic E-state index is 12.9. The summed E-state index contributed by atoms with van der Waals surface area (Å²) in [7, 11) is -3.48. The van der Waals surface area contributed by atoms with E-state index in [-0.39, 0.29) is 5.91 Å². The summed E-state index contributed by atoms with van der Waals surface area (Å²) in [5, 5.41) is 2.92. The number of ether oxygens (including phenoxy) is 1. The van der Waals surface area contributed by atoms with Gasteiger partial charge in [0.15, 0.2) is 0 Å². The molecule has 9 heteroatoms. The number of fused-ring (bicyclic) bond motifs is 1. The van der Waals surface area contributed by atoms with Crippen molar-refractivity contribution in [1.29, 1.82) is 0 Å². The number of nitrogens with one attached hydrogen (secondary N) is 1. The third kappa shape index (κ3) is 5.84. The molecule has 172 valence electrons. The molecule has 0 bridgehead atoms. The standard InChI is InChI=1S/C22H34N4O4S/c1-3-13-26-20-9-8-18(31(28,29)25-14-5-6-15-25)17-19(20)24-21(26)10-11-22(27)23-12-7-16-30-4-2/h8-9,17H,3-7,10-16H2,1-2H3,(H,23,27). The van der Waals surface area contributed by atoms with Gasteiger partial charge in [-0.3, -0.25) is 4.79 Å². The molecule has 1 N–H and O–H groups in total. The first-order valence-corrected chi connectivity index (χ1v) is 12.7. The summed E-state index contributed by atoms with van der Waals surface area (Å²) in [6, 6.07) is 5.20. The van der Waals surface area contributed by atoms with Crippen LogP contribution in [-0.4, -0.2) is 61.0 Å². The van der Waals surface area contributed by atoms with E-state index in [1.54, 1.807) is 16.4 Å². The number of hydrogen-bond donors (Lipinski definition) is 1. The first kappa shape index (κ1) is 23.7. The molecular weight excluding hydrogens is 416 g/mol. The summed E-state index contributed by atoms with van der Waals surface area (Å²) in [5.41, 5.74) is 1.58. The van der Waals surface area contributed by atoms with Crippen LogP contribution >= 0.6 is 0 Å². The van der Waals surface area contributed by atoms with Crippen LogP contribution < -0.4 is 5.32 Å². The van der Waals surface area contributed by atoms with Crippen molar-refractivity contribution < 1.29 is 17.9 Å². The quantitative estimate of drug-likeness (QED) is 0.502. The Kier molecular flexibility index (Phi) is 8.45. The highest BCUT2D eigenvalue weighted by Crippen LogP contribution is 2.25. The third-order valence-electron chi connectivity index (χ3n) is 5.52. The number of carbonyl (C=O) groups is 1. The second kappa shape index (κ2) is 11.1. The van der Waals surface area contributed by atoms with Crippen LogP contribution in [0, 0.1) is 0 Å². The highest BCUT2D eigenvalue weighted by molar-refractivity contribution is 7.89. The van der Waals surface area contributed by atoms with Crippen molar-refractivity contribution in [3.63, 3.8) is 0 Å². The van der Waals surface area contributed by atoms with E-state index < -0.39 is 10.0 Å². The average molecular weight is 451 g/mol. The molecule has 1 aromatic carbocycles. The number of hydrogen-bond acceptors (Lipinski definition) is 5. The summed E-state index contributed by atoms with van der Waals surface area (Å²) >= 11 is 0. The normalized spacial score (nSPS) is 15.0. The van der Waals surface area contributed by atoms with Gasteiger partial charge in [0.2, 0.25) is 15.9 Å². The number of rotatable bonds is 12. The van der Waals surface area contributed by atoms with Crippen LogP contribution in [0.2, 0.25) is 0 Å². The molecular formula is C22H34N4O4S. The number of carbonyl (C=O) groups excluding carboxylic acids is 1. The molecule has 8 nitrogen and oxygen atoms in total. The molecule has 1 aliphatic heterocycles. The fourth-order valence-electron chi connectivity index (χ4n) is 3.92. The molecule has 0 aliphatic carbocycles. The number of amides is 1. The molecule has 1 fully saturated rings. The largest absolute Gasteiger partial charge is 0.382 e. The molecule has 2 aromatic rings. The smallest absolute Gasteiger partial charge is 0.243 e. The average Bonchev–Trinajstić information content (AvgIpc) is 3.41. The highest BCUT2D eigenvalue weighted by Gasteiger charge is 2.27. The maximum Gasteiger partial charge on any atom is 0.243 e. The molecule has 0 spiro atoms. The molecule has 1 amide bonds. The molecule has 1 aromatic heterocycles. The van der Waals surface area contributed by atoms with Crippen molar-refractivity contribution in [2.75, 3.05) is 32.8 Å². The number of nitrogens with zero attached hydrogens (tertiary/aromatic N) is 3. The number of sulfonamides is 1. The zero-order valence-electron chi connectivity index (χ0n) is 18.6. The van der Waals surface area contributed by atoms with Crippen molar-refractivity contribution in [1.82, 2.24) is 19.2 Å². The fraction of sp³-hybridized carbons (Fsp3) is 0.636. The second-order valence-electron chi connectivity index (χ2n) is 7.84. The minimum absolute atomic E-state index is 0.0103. The van der Waals surface area contributed by atoms with Gasteiger partial charge < -0.3 is 14.6 Å². The number of aryl methyl sites for hydroxylation is 2. The van der Waals surface area contributed by atoms with Gasteiger partial charge in [-0.05, 0) is 50.8 Å². The summed E-state index contributed by atoms with van der Waals surface area (Å²) in [5.74, 6) is 0.806. The van der Waals surface area contributed by atoms with Crippen LogP contribution in [0.3, 0.4) is 0 Å². The van der Waals surface area contributed by atoms with Crippen molar-refractivity contribution in [2.24, 2.45) is 0 Å². The van der Waals surface area contributed by atoms with Gasteiger partial charge in [0.1, 0.15) is 5.82 Å². The van der Waals surface area contributed by atoms with E-state index in [9.17, 15) is 13.2 Å².